The second-order valence-electron chi connectivity index (χ2n) is 4.72. The summed E-state index contributed by atoms with van der Waals surface area (Å²) in [4.78, 5) is 2.17. The molecule has 0 amide bonds. The molecule has 2 heterocycles. The Morgan fingerprint density at radius 1 is 1.33 bits per heavy atom. The van der Waals surface area contributed by atoms with E-state index in [2.05, 4.69) is 10.2 Å². The van der Waals surface area contributed by atoms with Gasteiger partial charge in [0.25, 0.3) is 0 Å². The summed E-state index contributed by atoms with van der Waals surface area (Å²) in [6.45, 7) is 0.907. The third-order valence-corrected chi connectivity index (χ3v) is 3.30. The number of hydrogen-bond donors (Lipinski definition) is 1. The second-order valence-corrected chi connectivity index (χ2v) is 4.72. The van der Waals surface area contributed by atoms with Gasteiger partial charge in [-0.2, -0.15) is 0 Å². The number of rotatable bonds is 2. The Kier molecular flexibility index (Phi) is 2.70. The Hall–Kier alpha value is -1.97. The first-order valence-electron chi connectivity index (χ1n) is 6.00. The lowest BCUT2D eigenvalue weighted by atomic mass is 10.0. The van der Waals surface area contributed by atoms with Crippen LogP contribution in [-0.2, 0) is 6.42 Å². The van der Waals surface area contributed by atoms with Crippen LogP contribution >= 0.6 is 0 Å². The molecule has 0 saturated heterocycles. The highest BCUT2D eigenvalue weighted by Gasteiger charge is 2.22. The molecule has 0 saturated carbocycles. The number of likely N-dealkylation sites (N-methyl/N-ethyl adjacent to an activating group) is 1. The predicted octanol–water partition coefficient (Wildman–Crippen LogP) is 2.89. The van der Waals surface area contributed by atoms with Crippen molar-refractivity contribution < 1.29 is 8.81 Å². The molecule has 0 fully saturated rings. The van der Waals surface area contributed by atoms with Crippen molar-refractivity contribution in [2.24, 2.45) is 0 Å². The average Bonchev–Trinajstić information content (AvgIpc) is 2.81. The summed E-state index contributed by atoms with van der Waals surface area (Å²) in [5.41, 5.74) is 3.25. The van der Waals surface area contributed by atoms with Crippen LogP contribution in [0.5, 0.6) is 0 Å². The molecular weight excluding hydrogens is 231 g/mol. The molecule has 1 aromatic carbocycles. The molecule has 18 heavy (non-hydrogen) atoms. The van der Waals surface area contributed by atoms with E-state index in [1.807, 2.05) is 19.2 Å². The SMILES string of the molecule is CN1CC(Cc2ccc(F)cc2)Nc2cocc21. The number of benzene rings is 1. The average molecular weight is 246 g/mol. The fourth-order valence-corrected chi connectivity index (χ4v) is 2.41. The van der Waals surface area contributed by atoms with E-state index in [1.54, 1.807) is 12.5 Å². The molecule has 1 atom stereocenters. The van der Waals surface area contributed by atoms with Crippen LogP contribution in [0.15, 0.2) is 41.2 Å². The summed E-state index contributed by atoms with van der Waals surface area (Å²) in [6.07, 6.45) is 4.34. The topological polar surface area (TPSA) is 28.4 Å². The Balaban J connectivity index is 1.74. The maximum atomic E-state index is 12.8. The highest BCUT2D eigenvalue weighted by atomic mass is 19.1. The Morgan fingerprint density at radius 2 is 2.11 bits per heavy atom. The molecule has 3 nitrogen and oxygen atoms in total. The zero-order chi connectivity index (χ0) is 12.5. The highest BCUT2D eigenvalue weighted by Crippen LogP contribution is 2.31. The maximum Gasteiger partial charge on any atom is 0.123 e. The van der Waals surface area contributed by atoms with E-state index in [4.69, 9.17) is 4.42 Å². The number of nitrogens with one attached hydrogen (secondary N) is 1. The number of fused-ring (bicyclic) bond motifs is 1. The van der Waals surface area contributed by atoms with Crippen molar-refractivity contribution in [2.45, 2.75) is 12.5 Å². The maximum absolute atomic E-state index is 12.8. The fraction of sp³-hybridized carbons (Fsp3) is 0.286. The van der Waals surface area contributed by atoms with Gasteiger partial charge in [0.2, 0.25) is 0 Å². The minimum absolute atomic E-state index is 0.190. The number of nitrogens with zero attached hydrogens (tertiary/aromatic N) is 1. The lowest BCUT2D eigenvalue weighted by molar-refractivity contribution is 0.568. The second kappa shape index (κ2) is 4.37. The number of furan rings is 1. The third-order valence-electron chi connectivity index (χ3n) is 3.30. The van der Waals surface area contributed by atoms with E-state index < -0.39 is 0 Å². The van der Waals surface area contributed by atoms with Gasteiger partial charge in [0, 0.05) is 19.6 Å². The van der Waals surface area contributed by atoms with Gasteiger partial charge in [-0.25, -0.2) is 4.39 Å². The summed E-state index contributed by atoms with van der Waals surface area (Å²) in [5, 5.41) is 3.44. The van der Waals surface area contributed by atoms with E-state index in [1.165, 1.54) is 12.1 Å². The summed E-state index contributed by atoms with van der Waals surface area (Å²) in [7, 11) is 2.05. The fourth-order valence-electron chi connectivity index (χ4n) is 2.41. The minimum Gasteiger partial charge on any atom is -0.468 e. The van der Waals surface area contributed by atoms with Crippen molar-refractivity contribution in [1.29, 1.82) is 0 Å². The first-order valence-corrected chi connectivity index (χ1v) is 6.00. The standard InChI is InChI=1S/C14H15FN2O/c1-17-7-12(16-13-8-18-9-14(13)17)6-10-2-4-11(15)5-3-10/h2-5,8-9,12,16H,6-7H2,1H3. The van der Waals surface area contributed by atoms with Crippen molar-refractivity contribution in [3.8, 4) is 0 Å². The molecule has 0 spiro atoms. The monoisotopic (exact) mass is 246 g/mol. The van der Waals surface area contributed by atoms with Gasteiger partial charge < -0.3 is 14.6 Å². The van der Waals surface area contributed by atoms with Crippen LogP contribution in [0, 0.1) is 5.82 Å². The quantitative estimate of drug-likeness (QED) is 0.883. The smallest absolute Gasteiger partial charge is 0.123 e. The molecule has 94 valence electrons. The van der Waals surface area contributed by atoms with Gasteiger partial charge in [0.1, 0.15) is 18.3 Å². The molecule has 1 aliphatic heterocycles. The Bertz CT molecular complexity index is 535. The van der Waals surface area contributed by atoms with E-state index in [0.717, 1.165) is 29.9 Å². The molecule has 3 rings (SSSR count). The molecule has 1 N–H and O–H groups in total. The van der Waals surface area contributed by atoms with Crippen LogP contribution in [0.25, 0.3) is 0 Å². The van der Waals surface area contributed by atoms with Crippen molar-refractivity contribution in [3.05, 3.63) is 48.2 Å². The van der Waals surface area contributed by atoms with Gasteiger partial charge >= 0.3 is 0 Å². The van der Waals surface area contributed by atoms with Gasteiger partial charge in [-0.05, 0) is 24.1 Å². The first-order chi connectivity index (χ1) is 8.72. The largest absolute Gasteiger partial charge is 0.468 e. The summed E-state index contributed by atoms with van der Waals surface area (Å²) < 4.78 is 18.0. The van der Waals surface area contributed by atoms with Gasteiger partial charge in [-0.3, -0.25) is 0 Å². The van der Waals surface area contributed by atoms with Crippen LogP contribution in [0.4, 0.5) is 15.8 Å². The molecule has 1 aromatic heterocycles. The van der Waals surface area contributed by atoms with Crippen LogP contribution in [-0.4, -0.2) is 19.6 Å². The predicted molar refractivity (Wildman–Crippen MR) is 69.5 cm³/mol. The first kappa shape index (κ1) is 11.1. The van der Waals surface area contributed by atoms with E-state index >= 15 is 0 Å². The zero-order valence-electron chi connectivity index (χ0n) is 10.2. The molecule has 1 unspecified atom stereocenters. The number of hydrogen-bond acceptors (Lipinski definition) is 3. The summed E-state index contributed by atoms with van der Waals surface area (Å²) in [6, 6.07) is 6.99. The highest BCUT2D eigenvalue weighted by molar-refractivity contribution is 5.70. The third kappa shape index (κ3) is 2.06. The summed E-state index contributed by atoms with van der Waals surface area (Å²) in [5.74, 6) is -0.190. The number of halogens is 1. The van der Waals surface area contributed by atoms with E-state index in [-0.39, 0.29) is 5.82 Å². The lowest BCUT2D eigenvalue weighted by Crippen LogP contribution is -2.40. The van der Waals surface area contributed by atoms with E-state index in [0.29, 0.717) is 6.04 Å². The molecule has 0 radical (unpaired) electrons. The molecule has 2 aromatic rings. The van der Waals surface area contributed by atoms with Crippen LogP contribution < -0.4 is 10.2 Å². The normalized spacial score (nSPS) is 18.3. The Labute approximate surface area is 105 Å². The molecule has 0 aliphatic carbocycles. The zero-order valence-corrected chi connectivity index (χ0v) is 10.2. The molecule has 1 aliphatic rings. The summed E-state index contributed by atoms with van der Waals surface area (Å²) >= 11 is 0. The number of anilines is 2. The molecular formula is C14H15FN2O. The molecule has 0 bridgehead atoms. The molecule has 4 heteroatoms. The van der Waals surface area contributed by atoms with Gasteiger partial charge in [0.15, 0.2) is 0 Å². The van der Waals surface area contributed by atoms with Crippen molar-refractivity contribution in [3.63, 3.8) is 0 Å². The van der Waals surface area contributed by atoms with Crippen molar-refractivity contribution in [1.82, 2.24) is 0 Å². The van der Waals surface area contributed by atoms with E-state index in [9.17, 15) is 4.39 Å². The van der Waals surface area contributed by atoms with Crippen LogP contribution in [0.1, 0.15) is 5.56 Å². The minimum atomic E-state index is -0.190. The van der Waals surface area contributed by atoms with Crippen LogP contribution in [0.2, 0.25) is 0 Å². The lowest BCUT2D eigenvalue weighted by Gasteiger charge is -2.32. The van der Waals surface area contributed by atoms with Gasteiger partial charge in [-0.15, -0.1) is 0 Å². The Morgan fingerprint density at radius 3 is 2.89 bits per heavy atom. The van der Waals surface area contributed by atoms with Crippen LogP contribution in [0.3, 0.4) is 0 Å². The van der Waals surface area contributed by atoms with Crippen molar-refractivity contribution in [2.75, 3.05) is 23.8 Å². The van der Waals surface area contributed by atoms with Gasteiger partial charge in [0.05, 0.1) is 11.4 Å². The van der Waals surface area contributed by atoms with Crippen molar-refractivity contribution >= 4 is 11.4 Å². The van der Waals surface area contributed by atoms with Gasteiger partial charge in [-0.1, -0.05) is 12.1 Å².